The van der Waals surface area contributed by atoms with E-state index in [1.807, 2.05) is 0 Å². The first-order valence-corrected chi connectivity index (χ1v) is 3.89. The molecule has 0 aromatic rings. The third kappa shape index (κ3) is 1.21. The van der Waals surface area contributed by atoms with E-state index < -0.39 is 22.6 Å². The first-order chi connectivity index (χ1) is 5.30. The normalized spacial score (nSPS) is 38.2. The van der Waals surface area contributed by atoms with E-state index in [0.29, 0.717) is 0 Å². The highest BCUT2D eigenvalue weighted by molar-refractivity contribution is 6.25. The van der Waals surface area contributed by atoms with Crippen LogP contribution in [0, 0.1) is 0 Å². The highest BCUT2D eigenvalue weighted by Gasteiger charge is 2.65. The van der Waals surface area contributed by atoms with Crippen molar-refractivity contribution in [2.45, 2.75) is 22.6 Å². The molecule has 0 fully saturated rings. The number of alkyl halides is 6. The number of hydrogen-bond acceptors (Lipinski definition) is 0. The SMILES string of the molecule is FC1(F)C(Cl)C=CC(Cl)C1(F)F. The second kappa shape index (κ2) is 2.77. The number of rotatable bonds is 0. The summed E-state index contributed by atoms with van der Waals surface area (Å²) in [7, 11) is 0. The lowest BCUT2D eigenvalue weighted by molar-refractivity contribution is -0.203. The molecule has 6 heteroatoms. The second-order valence-corrected chi connectivity index (χ2v) is 3.37. The van der Waals surface area contributed by atoms with Crippen LogP contribution in [0.25, 0.3) is 0 Å². The van der Waals surface area contributed by atoms with E-state index in [2.05, 4.69) is 0 Å². The Hall–Kier alpha value is 0.0400. The van der Waals surface area contributed by atoms with Gasteiger partial charge in [-0.25, -0.2) is 0 Å². The molecule has 0 radical (unpaired) electrons. The maximum absolute atomic E-state index is 12.6. The Morgan fingerprint density at radius 3 is 1.33 bits per heavy atom. The molecule has 1 rings (SSSR count). The largest absolute Gasteiger partial charge is 0.331 e. The lowest BCUT2D eigenvalue weighted by atomic mass is 9.98. The zero-order chi connectivity index (χ0) is 9.57. The van der Waals surface area contributed by atoms with Crippen molar-refractivity contribution in [3.8, 4) is 0 Å². The first-order valence-electron chi connectivity index (χ1n) is 3.02. The Kier molecular flexibility index (Phi) is 2.34. The molecule has 0 saturated carbocycles. The quantitative estimate of drug-likeness (QED) is 0.336. The number of hydrogen-bond donors (Lipinski definition) is 0. The molecular formula is C6H4Cl2F4. The molecule has 12 heavy (non-hydrogen) atoms. The van der Waals surface area contributed by atoms with Crippen molar-refractivity contribution in [1.82, 2.24) is 0 Å². The molecular weight excluding hydrogens is 219 g/mol. The third-order valence-electron chi connectivity index (χ3n) is 1.59. The summed E-state index contributed by atoms with van der Waals surface area (Å²) in [5, 5.41) is -4.00. The van der Waals surface area contributed by atoms with Gasteiger partial charge < -0.3 is 0 Å². The minimum Gasteiger partial charge on any atom is -0.198 e. The van der Waals surface area contributed by atoms with Crippen molar-refractivity contribution in [1.29, 1.82) is 0 Å². The molecule has 0 nitrogen and oxygen atoms in total. The van der Waals surface area contributed by atoms with E-state index in [1.54, 1.807) is 0 Å². The Morgan fingerprint density at radius 2 is 1.08 bits per heavy atom. The van der Waals surface area contributed by atoms with Gasteiger partial charge >= 0.3 is 11.8 Å². The Bertz CT molecular complexity index is 192. The molecule has 1 aliphatic carbocycles. The number of allylic oxidation sites excluding steroid dienone is 2. The topological polar surface area (TPSA) is 0 Å². The van der Waals surface area contributed by atoms with Gasteiger partial charge in [-0.05, 0) is 0 Å². The minimum atomic E-state index is -4.28. The van der Waals surface area contributed by atoms with Crippen LogP contribution in [0.15, 0.2) is 12.2 Å². The van der Waals surface area contributed by atoms with Crippen molar-refractivity contribution in [3.63, 3.8) is 0 Å². The summed E-state index contributed by atoms with van der Waals surface area (Å²) in [5.41, 5.74) is 0. The van der Waals surface area contributed by atoms with Crippen LogP contribution in [0.1, 0.15) is 0 Å². The summed E-state index contributed by atoms with van der Waals surface area (Å²) < 4.78 is 50.4. The molecule has 0 bridgehead atoms. The van der Waals surface area contributed by atoms with E-state index in [-0.39, 0.29) is 0 Å². The molecule has 70 valence electrons. The van der Waals surface area contributed by atoms with Crippen molar-refractivity contribution >= 4 is 23.2 Å². The zero-order valence-corrected chi connectivity index (χ0v) is 7.09. The van der Waals surface area contributed by atoms with Gasteiger partial charge in [0.1, 0.15) is 10.8 Å². The molecule has 0 aromatic heterocycles. The predicted octanol–water partition coefficient (Wildman–Crippen LogP) is 3.04. The lowest BCUT2D eigenvalue weighted by Gasteiger charge is -2.33. The highest BCUT2D eigenvalue weighted by atomic mass is 35.5. The molecule has 0 aliphatic heterocycles. The van der Waals surface area contributed by atoms with Crippen LogP contribution in [-0.4, -0.2) is 22.6 Å². The van der Waals surface area contributed by atoms with Gasteiger partial charge in [-0.1, -0.05) is 12.2 Å². The van der Waals surface area contributed by atoms with E-state index in [9.17, 15) is 17.6 Å². The summed E-state index contributed by atoms with van der Waals surface area (Å²) in [4.78, 5) is 0. The van der Waals surface area contributed by atoms with Crippen LogP contribution in [0.2, 0.25) is 0 Å². The predicted molar refractivity (Wildman–Crippen MR) is 38.3 cm³/mol. The molecule has 1 aliphatic rings. The fourth-order valence-electron chi connectivity index (χ4n) is 0.804. The highest BCUT2D eigenvalue weighted by Crippen LogP contribution is 2.46. The van der Waals surface area contributed by atoms with Gasteiger partial charge in [0.2, 0.25) is 0 Å². The van der Waals surface area contributed by atoms with Crippen LogP contribution in [-0.2, 0) is 0 Å². The van der Waals surface area contributed by atoms with E-state index >= 15 is 0 Å². The summed E-state index contributed by atoms with van der Waals surface area (Å²) in [6, 6.07) is 0. The molecule has 0 spiro atoms. The molecule has 0 aromatic carbocycles. The lowest BCUT2D eigenvalue weighted by Crippen LogP contribution is -2.54. The summed E-state index contributed by atoms with van der Waals surface area (Å²) >= 11 is 9.97. The molecule has 0 saturated heterocycles. The fraction of sp³-hybridized carbons (Fsp3) is 0.667. The average molecular weight is 223 g/mol. The summed E-state index contributed by atoms with van der Waals surface area (Å²) in [6.45, 7) is 0. The fourth-order valence-corrected chi connectivity index (χ4v) is 1.26. The van der Waals surface area contributed by atoms with E-state index in [0.717, 1.165) is 12.2 Å². The van der Waals surface area contributed by atoms with Gasteiger partial charge in [0.05, 0.1) is 0 Å². The maximum Gasteiger partial charge on any atom is 0.331 e. The van der Waals surface area contributed by atoms with Crippen LogP contribution in [0.3, 0.4) is 0 Å². The molecule has 0 amide bonds. The van der Waals surface area contributed by atoms with Crippen LogP contribution >= 0.6 is 23.2 Å². The van der Waals surface area contributed by atoms with Crippen molar-refractivity contribution in [2.75, 3.05) is 0 Å². The van der Waals surface area contributed by atoms with Crippen LogP contribution in [0.5, 0.6) is 0 Å². The smallest absolute Gasteiger partial charge is 0.198 e. The third-order valence-corrected chi connectivity index (χ3v) is 2.43. The monoisotopic (exact) mass is 222 g/mol. The Morgan fingerprint density at radius 1 is 0.833 bits per heavy atom. The van der Waals surface area contributed by atoms with E-state index in [4.69, 9.17) is 23.2 Å². The van der Waals surface area contributed by atoms with Crippen LogP contribution < -0.4 is 0 Å². The molecule has 2 unspecified atom stereocenters. The van der Waals surface area contributed by atoms with Crippen molar-refractivity contribution in [2.24, 2.45) is 0 Å². The minimum absolute atomic E-state index is 0.774. The van der Waals surface area contributed by atoms with Gasteiger partial charge in [0, 0.05) is 0 Å². The maximum atomic E-state index is 12.6. The molecule has 0 heterocycles. The summed E-state index contributed by atoms with van der Waals surface area (Å²) in [5.74, 6) is -8.56. The van der Waals surface area contributed by atoms with Crippen molar-refractivity contribution < 1.29 is 17.6 Å². The molecule has 0 N–H and O–H groups in total. The standard InChI is InChI=1S/C6H4Cl2F4/c7-3-1-2-4(8)6(11,12)5(3,9)10/h1-4H. The molecule has 2 atom stereocenters. The second-order valence-electron chi connectivity index (χ2n) is 2.43. The zero-order valence-electron chi connectivity index (χ0n) is 5.58. The van der Waals surface area contributed by atoms with Gasteiger partial charge in [-0.15, -0.1) is 23.2 Å². The van der Waals surface area contributed by atoms with E-state index in [1.165, 1.54) is 0 Å². The summed E-state index contributed by atoms with van der Waals surface area (Å²) in [6.07, 6.45) is 1.55. The van der Waals surface area contributed by atoms with Gasteiger partial charge in [-0.3, -0.25) is 0 Å². The van der Waals surface area contributed by atoms with Gasteiger partial charge in [0.15, 0.2) is 0 Å². The first kappa shape index (κ1) is 10.1. The van der Waals surface area contributed by atoms with Crippen molar-refractivity contribution in [3.05, 3.63) is 12.2 Å². The average Bonchev–Trinajstić information content (AvgIpc) is 1.96. The van der Waals surface area contributed by atoms with Crippen LogP contribution in [0.4, 0.5) is 17.6 Å². The van der Waals surface area contributed by atoms with Gasteiger partial charge in [0.25, 0.3) is 0 Å². The number of halogens is 6. The Labute approximate surface area is 76.1 Å². The van der Waals surface area contributed by atoms with Gasteiger partial charge in [-0.2, -0.15) is 17.6 Å². The Balaban J connectivity index is 3.07.